The molecular formula is C7H14NO. The topological polar surface area (TPSA) is 21.6 Å². The molecule has 53 valence electrons. The predicted molar refractivity (Wildman–Crippen MR) is 39.3 cm³/mol. The summed E-state index contributed by atoms with van der Waals surface area (Å²) in [4.78, 5) is 4.86. The first kappa shape index (κ1) is 8.47. The number of hydrogen-bond acceptors (Lipinski definition) is 2. The average molecular weight is 128 g/mol. The van der Waals surface area contributed by atoms with E-state index in [-0.39, 0.29) is 0 Å². The Balaban J connectivity index is 3.00. The molecule has 0 aliphatic carbocycles. The maximum absolute atomic E-state index is 4.86. The summed E-state index contributed by atoms with van der Waals surface area (Å²) in [6.07, 6.45) is 2.21. The summed E-state index contributed by atoms with van der Waals surface area (Å²) in [7, 11) is 0. The molecule has 0 aromatic rings. The van der Waals surface area contributed by atoms with Crippen LogP contribution in [0.3, 0.4) is 0 Å². The number of unbranched alkanes of at least 4 members (excludes halogenated alkanes) is 1. The van der Waals surface area contributed by atoms with E-state index < -0.39 is 0 Å². The first-order valence-electron chi connectivity index (χ1n) is 3.26. The lowest BCUT2D eigenvalue weighted by atomic mass is 10.4. The molecule has 0 fully saturated rings. The van der Waals surface area contributed by atoms with Crippen LogP contribution in [0.2, 0.25) is 0 Å². The maximum atomic E-state index is 4.86. The molecule has 0 aliphatic heterocycles. The smallest absolute Gasteiger partial charge is 0.117 e. The van der Waals surface area contributed by atoms with Crippen molar-refractivity contribution in [1.82, 2.24) is 0 Å². The minimum absolute atomic E-state index is 0.712. The molecule has 0 atom stereocenters. The van der Waals surface area contributed by atoms with Gasteiger partial charge in [-0.15, -0.1) is 0 Å². The van der Waals surface area contributed by atoms with Crippen molar-refractivity contribution in [2.45, 2.75) is 26.7 Å². The Morgan fingerprint density at radius 2 is 2.33 bits per heavy atom. The van der Waals surface area contributed by atoms with Crippen LogP contribution in [0.5, 0.6) is 0 Å². The van der Waals surface area contributed by atoms with Gasteiger partial charge in [0.05, 0.1) is 5.71 Å². The Morgan fingerprint density at radius 3 is 2.78 bits per heavy atom. The van der Waals surface area contributed by atoms with Crippen LogP contribution in [0.25, 0.3) is 0 Å². The van der Waals surface area contributed by atoms with Crippen molar-refractivity contribution >= 4 is 5.71 Å². The van der Waals surface area contributed by atoms with Gasteiger partial charge < -0.3 is 4.84 Å². The summed E-state index contributed by atoms with van der Waals surface area (Å²) < 4.78 is 0. The second-order valence-electron chi connectivity index (χ2n) is 2.01. The zero-order valence-electron chi connectivity index (χ0n) is 6.18. The normalized spacial score (nSPS) is 11.7. The molecule has 0 aromatic carbocycles. The van der Waals surface area contributed by atoms with Gasteiger partial charge in [-0.05, 0) is 20.3 Å². The van der Waals surface area contributed by atoms with Gasteiger partial charge in [-0.25, -0.2) is 0 Å². The van der Waals surface area contributed by atoms with Gasteiger partial charge >= 0.3 is 0 Å². The largest absolute Gasteiger partial charge is 0.396 e. The van der Waals surface area contributed by atoms with Gasteiger partial charge in [0.1, 0.15) is 6.61 Å². The third-order valence-electron chi connectivity index (χ3n) is 0.810. The Bertz CT molecular complexity index is 84.9. The SMILES string of the molecule is [CH2]C(C)=NOCCCC. The number of rotatable bonds is 4. The van der Waals surface area contributed by atoms with E-state index in [1.165, 1.54) is 0 Å². The van der Waals surface area contributed by atoms with Gasteiger partial charge in [-0.1, -0.05) is 18.5 Å². The molecule has 0 aliphatic rings. The van der Waals surface area contributed by atoms with Crippen molar-refractivity contribution in [2.24, 2.45) is 5.16 Å². The van der Waals surface area contributed by atoms with Crippen LogP contribution in [0, 0.1) is 6.92 Å². The van der Waals surface area contributed by atoms with Gasteiger partial charge in [0.15, 0.2) is 0 Å². The van der Waals surface area contributed by atoms with E-state index in [2.05, 4.69) is 19.0 Å². The quantitative estimate of drug-likeness (QED) is 0.322. The number of oxime groups is 1. The maximum Gasteiger partial charge on any atom is 0.117 e. The van der Waals surface area contributed by atoms with E-state index in [1.807, 2.05) is 6.92 Å². The zero-order valence-corrected chi connectivity index (χ0v) is 6.18. The summed E-state index contributed by atoms with van der Waals surface area (Å²) in [5.74, 6) is 0. The van der Waals surface area contributed by atoms with Crippen molar-refractivity contribution in [3.63, 3.8) is 0 Å². The van der Waals surface area contributed by atoms with E-state index in [9.17, 15) is 0 Å². The molecular weight excluding hydrogens is 114 g/mol. The summed E-state index contributed by atoms with van der Waals surface area (Å²) in [5.41, 5.74) is 0.728. The summed E-state index contributed by atoms with van der Waals surface area (Å²) >= 11 is 0. The molecule has 2 heteroatoms. The minimum Gasteiger partial charge on any atom is -0.396 e. The molecule has 9 heavy (non-hydrogen) atoms. The molecule has 1 radical (unpaired) electrons. The highest BCUT2D eigenvalue weighted by atomic mass is 16.6. The van der Waals surface area contributed by atoms with E-state index in [4.69, 9.17) is 4.84 Å². The summed E-state index contributed by atoms with van der Waals surface area (Å²) in [6.45, 7) is 8.20. The molecule has 0 N–H and O–H groups in total. The van der Waals surface area contributed by atoms with E-state index in [1.54, 1.807) is 0 Å². The van der Waals surface area contributed by atoms with Gasteiger partial charge in [-0.2, -0.15) is 0 Å². The lowest BCUT2D eigenvalue weighted by Gasteiger charge is -1.95. The lowest BCUT2D eigenvalue weighted by Crippen LogP contribution is -1.89. The van der Waals surface area contributed by atoms with Crippen molar-refractivity contribution in [3.8, 4) is 0 Å². The Kier molecular flexibility index (Phi) is 5.27. The Labute approximate surface area is 56.9 Å². The third kappa shape index (κ3) is 7.47. The second-order valence-corrected chi connectivity index (χ2v) is 2.01. The Morgan fingerprint density at radius 1 is 1.67 bits per heavy atom. The zero-order chi connectivity index (χ0) is 7.11. The molecule has 0 spiro atoms. The molecule has 0 unspecified atom stereocenters. The number of nitrogens with zero attached hydrogens (tertiary/aromatic N) is 1. The third-order valence-corrected chi connectivity index (χ3v) is 0.810. The monoisotopic (exact) mass is 128 g/mol. The fourth-order valence-electron chi connectivity index (χ4n) is 0.365. The van der Waals surface area contributed by atoms with Crippen molar-refractivity contribution in [1.29, 1.82) is 0 Å². The van der Waals surface area contributed by atoms with Crippen LogP contribution in [-0.2, 0) is 4.84 Å². The summed E-state index contributed by atoms with van der Waals surface area (Å²) in [6, 6.07) is 0. The van der Waals surface area contributed by atoms with Crippen LogP contribution in [0.4, 0.5) is 0 Å². The van der Waals surface area contributed by atoms with Crippen molar-refractivity contribution in [3.05, 3.63) is 6.92 Å². The molecule has 0 rings (SSSR count). The Hall–Kier alpha value is -0.530. The van der Waals surface area contributed by atoms with Gasteiger partial charge in [-0.3, -0.25) is 0 Å². The molecule has 2 nitrogen and oxygen atoms in total. The fourth-order valence-corrected chi connectivity index (χ4v) is 0.365. The minimum atomic E-state index is 0.712. The molecule has 0 amide bonds. The predicted octanol–water partition coefficient (Wildman–Crippen LogP) is 2.01. The van der Waals surface area contributed by atoms with Crippen molar-refractivity contribution in [2.75, 3.05) is 6.61 Å². The van der Waals surface area contributed by atoms with Gasteiger partial charge in [0.2, 0.25) is 0 Å². The molecule has 0 saturated carbocycles. The lowest BCUT2D eigenvalue weighted by molar-refractivity contribution is 0.141. The highest BCUT2D eigenvalue weighted by molar-refractivity contribution is 5.85. The molecule has 0 saturated heterocycles. The average Bonchev–Trinajstić information content (AvgIpc) is 1.80. The van der Waals surface area contributed by atoms with Crippen LogP contribution in [0.15, 0.2) is 5.16 Å². The second kappa shape index (κ2) is 5.60. The highest BCUT2D eigenvalue weighted by Crippen LogP contribution is 1.88. The van der Waals surface area contributed by atoms with Crippen LogP contribution in [0.1, 0.15) is 26.7 Å². The van der Waals surface area contributed by atoms with E-state index >= 15 is 0 Å². The number of hydrogen-bond donors (Lipinski definition) is 0. The molecule has 0 aromatic heterocycles. The highest BCUT2D eigenvalue weighted by Gasteiger charge is 1.81. The van der Waals surface area contributed by atoms with E-state index in [0.717, 1.165) is 18.6 Å². The van der Waals surface area contributed by atoms with Gasteiger partial charge in [0.25, 0.3) is 0 Å². The van der Waals surface area contributed by atoms with Crippen LogP contribution >= 0.6 is 0 Å². The molecule has 0 bridgehead atoms. The molecule has 0 heterocycles. The first-order valence-corrected chi connectivity index (χ1v) is 3.26. The first-order chi connectivity index (χ1) is 4.27. The van der Waals surface area contributed by atoms with Crippen LogP contribution in [-0.4, -0.2) is 12.3 Å². The van der Waals surface area contributed by atoms with Crippen molar-refractivity contribution < 1.29 is 4.84 Å². The standard InChI is InChI=1S/C7H14NO/c1-4-5-6-9-8-7(2)3/h2,4-6H2,1,3H3. The van der Waals surface area contributed by atoms with Crippen LogP contribution < -0.4 is 0 Å². The van der Waals surface area contributed by atoms with Gasteiger partial charge in [0, 0.05) is 0 Å². The fraction of sp³-hybridized carbons (Fsp3) is 0.714. The summed E-state index contributed by atoms with van der Waals surface area (Å²) in [5, 5.41) is 3.67. The van der Waals surface area contributed by atoms with E-state index in [0.29, 0.717) is 6.61 Å².